The Labute approximate surface area is 152 Å². The van der Waals surface area contributed by atoms with Crippen LogP contribution in [0.4, 0.5) is 0 Å². The number of amides is 2. The summed E-state index contributed by atoms with van der Waals surface area (Å²) in [7, 11) is 0. The van der Waals surface area contributed by atoms with E-state index in [1.165, 1.54) is 17.6 Å². The number of carbonyl (C=O) groups is 2. The van der Waals surface area contributed by atoms with Crippen molar-refractivity contribution >= 4 is 51.1 Å². The topological polar surface area (TPSA) is 83.5 Å². The molecule has 2 amide bonds. The van der Waals surface area contributed by atoms with Crippen molar-refractivity contribution in [2.24, 2.45) is 5.10 Å². The van der Waals surface area contributed by atoms with Crippen LogP contribution >= 0.6 is 22.9 Å². The normalized spacial score (nSPS) is 10.9. The first-order valence-electron chi connectivity index (χ1n) is 7.32. The van der Waals surface area contributed by atoms with Crippen LogP contribution in [0.1, 0.15) is 15.2 Å². The molecule has 0 atom stereocenters. The summed E-state index contributed by atoms with van der Waals surface area (Å²) in [6.07, 6.45) is 4.72. The van der Waals surface area contributed by atoms with Crippen LogP contribution < -0.4 is 10.7 Å². The molecule has 3 rings (SSSR count). The number of hydrogen-bond donors (Lipinski definition) is 2. The molecule has 8 heteroatoms. The largest absolute Gasteiger partial charge is 0.342 e. The first-order chi connectivity index (χ1) is 12.1. The van der Waals surface area contributed by atoms with Crippen molar-refractivity contribution in [2.75, 3.05) is 6.54 Å². The van der Waals surface area contributed by atoms with E-state index in [0.717, 1.165) is 15.6 Å². The molecule has 0 radical (unpaired) electrons. The highest BCUT2D eigenvalue weighted by atomic mass is 35.5. The van der Waals surface area contributed by atoms with Crippen molar-refractivity contribution in [3.8, 4) is 0 Å². The first kappa shape index (κ1) is 17.1. The number of benzene rings is 1. The minimum atomic E-state index is -0.439. The predicted molar refractivity (Wildman–Crippen MR) is 99.1 cm³/mol. The molecule has 0 saturated heterocycles. The van der Waals surface area contributed by atoms with Crippen molar-refractivity contribution in [1.82, 2.24) is 15.7 Å². The quantitative estimate of drug-likeness (QED) is 0.533. The SMILES string of the molecule is O=C(CNC(=O)c1sc2ccccc2c1Cl)NN=Cc1cccnc1. The number of aromatic nitrogens is 1. The molecule has 0 aliphatic heterocycles. The number of rotatable bonds is 5. The van der Waals surface area contributed by atoms with Gasteiger partial charge in [-0.25, -0.2) is 5.43 Å². The molecule has 126 valence electrons. The summed E-state index contributed by atoms with van der Waals surface area (Å²) in [6, 6.07) is 11.0. The van der Waals surface area contributed by atoms with E-state index in [4.69, 9.17) is 11.6 Å². The molecule has 0 fully saturated rings. The second-order valence-corrected chi connectivity index (χ2v) is 6.43. The fraction of sp³-hybridized carbons (Fsp3) is 0.0588. The molecule has 0 spiro atoms. The van der Waals surface area contributed by atoms with Gasteiger partial charge in [-0.3, -0.25) is 14.6 Å². The van der Waals surface area contributed by atoms with Crippen LogP contribution in [0.3, 0.4) is 0 Å². The molecule has 3 aromatic rings. The van der Waals surface area contributed by atoms with Crippen molar-refractivity contribution in [1.29, 1.82) is 0 Å². The van der Waals surface area contributed by atoms with Crippen molar-refractivity contribution in [3.63, 3.8) is 0 Å². The van der Waals surface area contributed by atoms with E-state index in [0.29, 0.717) is 9.90 Å². The van der Waals surface area contributed by atoms with Gasteiger partial charge in [0.15, 0.2) is 0 Å². The third-order valence-corrected chi connectivity index (χ3v) is 4.91. The summed E-state index contributed by atoms with van der Waals surface area (Å²) in [5.74, 6) is -0.830. The predicted octanol–water partition coefficient (Wildman–Crippen LogP) is 2.83. The van der Waals surface area contributed by atoms with Crippen LogP contribution in [0, 0.1) is 0 Å². The molecule has 2 aromatic heterocycles. The highest BCUT2D eigenvalue weighted by molar-refractivity contribution is 7.21. The Morgan fingerprint density at radius 3 is 2.84 bits per heavy atom. The Bertz CT molecular complexity index is 940. The van der Waals surface area contributed by atoms with Crippen molar-refractivity contribution in [3.05, 3.63) is 64.3 Å². The number of fused-ring (bicyclic) bond motifs is 1. The van der Waals surface area contributed by atoms with Crippen molar-refractivity contribution in [2.45, 2.75) is 0 Å². The van der Waals surface area contributed by atoms with Crippen molar-refractivity contribution < 1.29 is 9.59 Å². The Morgan fingerprint density at radius 2 is 2.08 bits per heavy atom. The molecule has 0 bridgehead atoms. The van der Waals surface area contributed by atoms with E-state index >= 15 is 0 Å². The van der Waals surface area contributed by atoms with E-state index in [2.05, 4.69) is 20.8 Å². The van der Waals surface area contributed by atoms with E-state index in [-0.39, 0.29) is 6.54 Å². The molecule has 2 heterocycles. The monoisotopic (exact) mass is 372 g/mol. The highest BCUT2D eigenvalue weighted by Crippen LogP contribution is 2.34. The molecule has 0 unspecified atom stereocenters. The van der Waals surface area contributed by atoms with Gasteiger partial charge in [0.1, 0.15) is 4.88 Å². The average Bonchev–Trinajstić information content (AvgIpc) is 2.98. The maximum Gasteiger partial charge on any atom is 0.263 e. The number of pyridine rings is 1. The minimum absolute atomic E-state index is 0.201. The van der Waals surface area contributed by atoms with E-state index in [1.54, 1.807) is 24.5 Å². The summed E-state index contributed by atoms with van der Waals surface area (Å²) in [6.45, 7) is -0.201. The van der Waals surface area contributed by atoms with Gasteiger partial charge in [-0.2, -0.15) is 5.10 Å². The zero-order valence-corrected chi connectivity index (χ0v) is 14.5. The number of halogens is 1. The Morgan fingerprint density at radius 1 is 1.24 bits per heavy atom. The summed E-state index contributed by atoms with van der Waals surface area (Å²) < 4.78 is 0.920. The molecule has 25 heavy (non-hydrogen) atoms. The number of nitrogens with zero attached hydrogens (tertiary/aromatic N) is 2. The minimum Gasteiger partial charge on any atom is -0.342 e. The van der Waals surface area contributed by atoms with Gasteiger partial charge >= 0.3 is 0 Å². The fourth-order valence-electron chi connectivity index (χ4n) is 2.07. The fourth-order valence-corrected chi connectivity index (χ4v) is 3.50. The van der Waals surface area contributed by atoms with Gasteiger partial charge in [-0.05, 0) is 12.1 Å². The second-order valence-electron chi connectivity index (χ2n) is 5.00. The lowest BCUT2D eigenvalue weighted by atomic mass is 10.2. The maximum atomic E-state index is 12.2. The van der Waals surface area contributed by atoms with E-state index in [1.807, 2.05) is 24.3 Å². The molecule has 0 saturated carbocycles. The van der Waals surface area contributed by atoms with Crippen LogP contribution in [-0.4, -0.2) is 29.6 Å². The molecule has 6 nitrogen and oxygen atoms in total. The molecule has 2 N–H and O–H groups in total. The van der Waals surface area contributed by atoms with Gasteiger partial charge in [0.25, 0.3) is 11.8 Å². The van der Waals surface area contributed by atoms with Gasteiger partial charge < -0.3 is 5.32 Å². The number of hydrazone groups is 1. The Balaban J connectivity index is 1.55. The van der Waals surface area contributed by atoms with Crippen LogP contribution in [0.25, 0.3) is 10.1 Å². The lowest BCUT2D eigenvalue weighted by molar-refractivity contribution is -0.120. The van der Waals surface area contributed by atoms with Gasteiger partial charge in [0.2, 0.25) is 0 Å². The van der Waals surface area contributed by atoms with Crippen LogP contribution in [0.15, 0.2) is 53.9 Å². The van der Waals surface area contributed by atoms with Gasteiger partial charge in [0, 0.05) is 28.0 Å². The molecular formula is C17H13ClN4O2S. The van der Waals surface area contributed by atoms with Crippen LogP contribution in [-0.2, 0) is 4.79 Å². The van der Waals surface area contributed by atoms with Gasteiger partial charge in [0.05, 0.1) is 17.8 Å². The van der Waals surface area contributed by atoms with Crippen LogP contribution in [0.5, 0.6) is 0 Å². The summed E-state index contributed by atoms with van der Waals surface area (Å²) in [5, 5.41) is 7.56. The van der Waals surface area contributed by atoms with Gasteiger partial charge in [-0.15, -0.1) is 11.3 Å². The Hall–Kier alpha value is -2.77. The summed E-state index contributed by atoms with van der Waals surface area (Å²) in [4.78, 5) is 28.3. The maximum absolute atomic E-state index is 12.2. The lowest BCUT2D eigenvalue weighted by Gasteiger charge is -2.03. The molecule has 1 aromatic carbocycles. The summed E-state index contributed by atoms with van der Waals surface area (Å²) in [5.41, 5.74) is 3.09. The zero-order chi connectivity index (χ0) is 17.6. The zero-order valence-electron chi connectivity index (χ0n) is 12.9. The smallest absolute Gasteiger partial charge is 0.263 e. The third kappa shape index (κ3) is 4.20. The van der Waals surface area contributed by atoms with Gasteiger partial charge in [-0.1, -0.05) is 35.9 Å². The molecular weight excluding hydrogens is 360 g/mol. The second kappa shape index (κ2) is 7.87. The number of thiophene rings is 1. The summed E-state index contributed by atoms with van der Waals surface area (Å²) >= 11 is 7.52. The lowest BCUT2D eigenvalue weighted by Crippen LogP contribution is -2.34. The Kier molecular flexibility index (Phi) is 5.37. The highest BCUT2D eigenvalue weighted by Gasteiger charge is 2.17. The average molecular weight is 373 g/mol. The van der Waals surface area contributed by atoms with E-state index in [9.17, 15) is 9.59 Å². The van der Waals surface area contributed by atoms with Crippen LogP contribution in [0.2, 0.25) is 5.02 Å². The first-order valence-corrected chi connectivity index (χ1v) is 8.52. The van der Waals surface area contributed by atoms with E-state index < -0.39 is 11.8 Å². The number of hydrogen-bond acceptors (Lipinski definition) is 5. The molecule has 0 aliphatic carbocycles. The molecule has 0 aliphatic rings. The standard InChI is InChI=1S/C17H13ClN4O2S/c18-15-12-5-1-2-6-13(12)25-16(15)17(24)20-10-14(23)22-21-9-11-4-3-7-19-8-11/h1-9H,10H2,(H,20,24)(H,22,23). The number of nitrogens with one attached hydrogen (secondary N) is 2. The third-order valence-electron chi connectivity index (χ3n) is 3.24. The number of carbonyl (C=O) groups excluding carboxylic acids is 2.